The summed E-state index contributed by atoms with van der Waals surface area (Å²) in [6.07, 6.45) is 2.18. The van der Waals surface area contributed by atoms with Gasteiger partial charge in [-0.3, -0.25) is 0 Å². The van der Waals surface area contributed by atoms with Crippen molar-refractivity contribution in [3.05, 3.63) is 78.0 Å². The Kier molecular flexibility index (Phi) is 4.44. The zero-order chi connectivity index (χ0) is 21.9. The second-order valence-corrected chi connectivity index (χ2v) is 9.94. The summed E-state index contributed by atoms with van der Waals surface area (Å²) in [5.74, 6) is 0.451. The van der Waals surface area contributed by atoms with Crippen LogP contribution in [0.25, 0.3) is 44.0 Å². The van der Waals surface area contributed by atoms with Crippen LogP contribution in [0.15, 0.2) is 71.3 Å². The minimum Gasteiger partial charge on any atom is -0.454 e. The highest BCUT2D eigenvalue weighted by atomic mass is 16.3. The lowest BCUT2D eigenvalue weighted by Crippen LogP contribution is -2.31. The summed E-state index contributed by atoms with van der Waals surface area (Å²) in [5, 5.41) is 4.73. The molecule has 2 aromatic heterocycles. The number of hydrogen-bond donors (Lipinski definition) is 0. The maximum atomic E-state index is 6.64. The molecule has 5 aromatic rings. The van der Waals surface area contributed by atoms with Crippen LogP contribution in [0.4, 0.5) is 0 Å². The molecule has 0 fully saturated rings. The van der Waals surface area contributed by atoms with Crippen molar-refractivity contribution < 1.29 is 8.98 Å². The highest BCUT2D eigenvalue weighted by Gasteiger charge is 2.26. The molecule has 0 radical (unpaired) electrons. The predicted molar refractivity (Wildman–Crippen MR) is 130 cm³/mol. The van der Waals surface area contributed by atoms with E-state index in [1.807, 2.05) is 0 Å². The molecule has 0 aliphatic rings. The normalized spacial score (nSPS) is 13.4. The van der Waals surface area contributed by atoms with Crippen molar-refractivity contribution in [2.24, 2.45) is 12.5 Å². The molecule has 2 heteroatoms. The summed E-state index contributed by atoms with van der Waals surface area (Å²) in [7, 11) is 2.12. The van der Waals surface area contributed by atoms with Crippen LogP contribution in [0.2, 0.25) is 0 Å². The van der Waals surface area contributed by atoms with E-state index in [1.54, 1.807) is 0 Å². The summed E-state index contributed by atoms with van der Waals surface area (Å²) < 4.78 is 8.86. The molecule has 2 nitrogen and oxygen atoms in total. The molecule has 0 N–H and O–H groups in total. The first-order valence-electron chi connectivity index (χ1n) is 11.1. The highest BCUT2D eigenvalue weighted by Crippen LogP contribution is 2.41. The van der Waals surface area contributed by atoms with E-state index in [1.165, 1.54) is 43.9 Å². The number of aryl methyl sites for hydroxylation is 2. The SMILES string of the molecule is Cc1ccc2c(oc3c4ccccc4ccc23)c1-c1cc(C(C)C(C)(C)C)cc[n+]1C. The van der Waals surface area contributed by atoms with Crippen molar-refractivity contribution in [3.63, 3.8) is 0 Å². The third kappa shape index (κ3) is 3.13. The lowest BCUT2D eigenvalue weighted by molar-refractivity contribution is -0.660. The molecule has 0 aliphatic heterocycles. The fourth-order valence-electron chi connectivity index (χ4n) is 4.59. The summed E-state index contributed by atoms with van der Waals surface area (Å²) in [4.78, 5) is 0. The Morgan fingerprint density at radius 1 is 0.839 bits per heavy atom. The van der Waals surface area contributed by atoms with Crippen molar-refractivity contribution in [1.29, 1.82) is 0 Å². The van der Waals surface area contributed by atoms with Gasteiger partial charge in [0.15, 0.2) is 6.20 Å². The third-order valence-corrected chi connectivity index (χ3v) is 6.97. The van der Waals surface area contributed by atoms with Gasteiger partial charge in [0, 0.05) is 28.3 Å². The first-order chi connectivity index (χ1) is 14.8. The summed E-state index contributed by atoms with van der Waals surface area (Å²) in [6.45, 7) is 11.4. The molecule has 31 heavy (non-hydrogen) atoms. The van der Waals surface area contributed by atoms with Crippen LogP contribution in [-0.4, -0.2) is 0 Å². The smallest absolute Gasteiger partial charge is 0.216 e. The van der Waals surface area contributed by atoms with E-state index in [-0.39, 0.29) is 5.41 Å². The number of aromatic nitrogens is 1. The lowest BCUT2D eigenvalue weighted by atomic mass is 9.78. The van der Waals surface area contributed by atoms with E-state index in [9.17, 15) is 0 Å². The van der Waals surface area contributed by atoms with Gasteiger partial charge in [-0.05, 0) is 40.8 Å². The molecule has 0 amide bonds. The largest absolute Gasteiger partial charge is 0.454 e. The maximum Gasteiger partial charge on any atom is 0.216 e. The van der Waals surface area contributed by atoms with Crippen molar-refractivity contribution in [2.75, 3.05) is 0 Å². The maximum absolute atomic E-state index is 6.64. The summed E-state index contributed by atoms with van der Waals surface area (Å²) in [6, 6.07) is 21.9. The Balaban J connectivity index is 1.83. The zero-order valence-electron chi connectivity index (χ0n) is 19.3. The number of pyridine rings is 1. The number of fused-ring (bicyclic) bond motifs is 5. The molecule has 1 unspecified atom stereocenters. The molecule has 0 saturated carbocycles. The number of nitrogens with zero attached hydrogens (tertiary/aromatic N) is 1. The van der Waals surface area contributed by atoms with Crippen LogP contribution >= 0.6 is 0 Å². The molecule has 156 valence electrons. The zero-order valence-corrected chi connectivity index (χ0v) is 19.3. The average Bonchev–Trinajstić information content (AvgIpc) is 3.12. The molecular weight excluding hydrogens is 378 g/mol. The molecule has 0 bridgehead atoms. The van der Waals surface area contributed by atoms with Crippen molar-refractivity contribution in [2.45, 2.75) is 40.5 Å². The molecule has 1 atom stereocenters. The molecule has 0 spiro atoms. The van der Waals surface area contributed by atoms with Gasteiger partial charge in [0.25, 0.3) is 0 Å². The van der Waals surface area contributed by atoms with E-state index in [0.29, 0.717) is 5.92 Å². The van der Waals surface area contributed by atoms with Crippen LogP contribution in [0.3, 0.4) is 0 Å². The first kappa shape index (κ1) is 19.8. The first-order valence-corrected chi connectivity index (χ1v) is 11.1. The Morgan fingerprint density at radius 2 is 1.55 bits per heavy atom. The average molecular weight is 409 g/mol. The molecule has 0 saturated heterocycles. The molecule has 2 heterocycles. The Labute approximate surface area is 184 Å². The number of benzene rings is 3. The van der Waals surface area contributed by atoms with Crippen molar-refractivity contribution in [3.8, 4) is 11.3 Å². The highest BCUT2D eigenvalue weighted by molar-refractivity contribution is 6.17. The van der Waals surface area contributed by atoms with Gasteiger partial charge in [-0.15, -0.1) is 0 Å². The minimum absolute atomic E-state index is 0.205. The molecular formula is C29H30NO+. The van der Waals surface area contributed by atoms with Crippen LogP contribution in [0, 0.1) is 12.3 Å². The standard InChI is InChI=1S/C29H30NO/c1-18-11-13-24-23-14-12-20-9-7-8-10-22(20)27(23)31-28(24)26(18)25-17-21(15-16-30(25)6)19(2)29(3,4)5/h7-17,19H,1-6H3/q+1. The lowest BCUT2D eigenvalue weighted by Gasteiger charge is -2.27. The molecule has 3 aromatic carbocycles. The summed E-state index contributed by atoms with van der Waals surface area (Å²) >= 11 is 0. The third-order valence-electron chi connectivity index (χ3n) is 6.97. The second-order valence-electron chi connectivity index (χ2n) is 9.94. The van der Waals surface area contributed by atoms with Crippen LogP contribution in [0.1, 0.15) is 44.7 Å². The van der Waals surface area contributed by atoms with Gasteiger partial charge >= 0.3 is 0 Å². The van der Waals surface area contributed by atoms with Gasteiger partial charge in [-0.25, -0.2) is 4.57 Å². The van der Waals surface area contributed by atoms with E-state index in [4.69, 9.17) is 4.42 Å². The van der Waals surface area contributed by atoms with Gasteiger partial charge < -0.3 is 4.42 Å². The van der Waals surface area contributed by atoms with Gasteiger partial charge in [0.05, 0.1) is 5.56 Å². The quantitative estimate of drug-likeness (QED) is 0.274. The van der Waals surface area contributed by atoms with Crippen molar-refractivity contribution >= 4 is 32.7 Å². The number of hydrogen-bond acceptors (Lipinski definition) is 1. The van der Waals surface area contributed by atoms with Crippen LogP contribution in [-0.2, 0) is 7.05 Å². The van der Waals surface area contributed by atoms with E-state index < -0.39 is 0 Å². The van der Waals surface area contributed by atoms with Crippen molar-refractivity contribution in [1.82, 2.24) is 0 Å². The number of furan rings is 1. The van der Waals surface area contributed by atoms with Crippen LogP contribution in [0.5, 0.6) is 0 Å². The molecule has 0 aliphatic carbocycles. The van der Waals surface area contributed by atoms with E-state index in [0.717, 1.165) is 11.2 Å². The van der Waals surface area contributed by atoms with E-state index in [2.05, 4.69) is 113 Å². The van der Waals surface area contributed by atoms with Gasteiger partial charge in [0.2, 0.25) is 5.69 Å². The van der Waals surface area contributed by atoms with Crippen LogP contribution < -0.4 is 4.57 Å². The van der Waals surface area contributed by atoms with Gasteiger partial charge in [0.1, 0.15) is 18.2 Å². The number of rotatable bonds is 2. The second kappa shape index (κ2) is 6.95. The monoisotopic (exact) mass is 408 g/mol. The summed E-state index contributed by atoms with van der Waals surface area (Å²) in [5.41, 5.74) is 7.12. The Bertz CT molecular complexity index is 1450. The predicted octanol–water partition coefficient (Wildman–Crippen LogP) is 7.69. The Hall–Kier alpha value is -3.13. The fourth-order valence-corrected chi connectivity index (χ4v) is 4.59. The minimum atomic E-state index is 0.205. The Morgan fingerprint density at radius 3 is 2.32 bits per heavy atom. The van der Waals surface area contributed by atoms with Gasteiger partial charge in [-0.2, -0.15) is 0 Å². The molecule has 5 rings (SSSR count). The topological polar surface area (TPSA) is 17.0 Å². The van der Waals surface area contributed by atoms with Gasteiger partial charge in [-0.1, -0.05) is 70.2 Å². The van der Waals surface area contributed by atoms with E-state index >= 15 is 0 Å². The fraction of sp³-hybridized carbons (Fsp3) is 0.276.